The number of halogens is 1. The maximum atomic E-state index is 13.1. The van der Waals surface area contributed by atoms with Crippen molar-refractivity contribution in [2.75, 3.05) is 25.5 Å². The second kappa shape index (κ2) is 9.28. The fraction of sp³-hybridized carbons (Fsp3) is 0.381. The lowest BCUT2D eigenvalue weighted by atomic mass is 10.1. The number of nitrogens with zero attached hydrogens (tertiary/aromatic N) is 1. The molecular weight excluding hydrogens is 456 g/mol. The molecule has 156 valence electrons. The van der Waals surface area contributed by atoms with Gasteiger partial charge in [-0.3, -0.25) is 4.79 Å². The molecule has 2 aromatic carbocycles. The molecule has 8 heteroatoms. The summed E-state index contributed by atoms with van der Waals surface area (Å²) in [6, 6.07) is 10.0. The van der Waals surface area contributed by atoms with Gasteiger partial charge in [0.1, 0.15) is 5.75 Å². The number of carbonyl (C=O) groups is 1. The van der Waals surface area contributed by atoms with E-state index in [1.165, 1.54) is 29.6 Å². The summed E-state index contributed by atoms with van der Waals surface area (Å²) in [7, 11) is -2.21. The number of nitrogens with one attached hydrogen (secondary N) is 1. The minimum Gasteiger partial charge on any atom is -0.496 e. The molecule has 1 amide bonds. The summed E-state index contributed by atoms with van der Waals surface area (Å²) in [5.41, 5.74) is 1.83. The highest BCUT2D eigenvalue weighted by Crippen LogP contribution is 2.29. The number of rotatable bonds is 5. The number of hydrogen-bond donors (Lipinski definition) is 1. The number of sulfonamides is 1. The topological polar surface area (TPSA) is 75.7 Å². The highest BCUT2D eigenvalue weighted by Gasteiger charge is 2.27. The molecule has 0 bridgehead atoms. The second-order valence-electron chi connectivity index (χ2n) is 7.12. The van der Waals surface area contributed by atoms with E-state index in [2.05, 4.69) is 21.2 Å². The average Bonchev–Trinajstić information content (AvgIpc) is 2.99. The SMILES string of the molecule is COc1ccc(S(=O)(=O)N2CCCCCC2)cc1C(=O)Nc1ccc(C)cc1Br. The van der Waals surface area contributed by atoms with E-state index in [1.54, 1.807) is 6.07 Å². The van der Waals surface area contributed by atoms with Crippen molar-refractivity contribution < 1.29 is 17.9 Å². The Bertz CT molecular complexity index is 1000. The van der Waals surface area contributed by atoms with Gasteiger partial charge in [-0.2, -0.15) is 4.31 Å². The van der Waals surface area contributed by atoms with Gasteiger partial charge in [0.15, 0.2) is 0 Å². The summed E-state index contributed by atoms with van der Waals surface area (Å²) < 4.78 is 33.8. The standard InChI is InChI=1S/C21H25BrN2O4S/c1-15-7-9-19(18(22)13-15)23-21(25)17-14-16(8-10-20(17)28-2)29(26,27)24-11-5-3-4-6-12-24/h7-10,13-14H,3-6,11-12H2,1-2H3,(H,23,25). The van der Waals surface area contributed by atoms with E-state index in [0.29, 0.717) is 24.5 Å². The number of amides is 1. The Morgan fingerprint density at radius 2 is 1.76 bits per heavy atom. The highest BCUT2D eigenvalue weighted by atomic mass is 79.9. The Morgan fingerprint density at radius 1 is 1.07 bits per heavy atom. The number of ether oxygens (including phenoxy) is 1. The van der Waals surface area contributed by atoms with Crippen molar-refractivity contribution >= 4 is 37.5 Å². The minimum absolute atomic E-state index is 0.105. The molecule has 0 saturated carbocycles. The highest BCUT2D eigenvalue weighted by molar-refractivity contribution is 9.10. The molecule has 29 heavy (non-hydrogen) atoms. The van der Waals surface area contributed by atoms with E-state index in [-0.39, 0.29) is 10.5 Å². The van der Waals surface area contributed by atoms with Crippen molar-refractivity contribution in [2.45, 2.75) is 37.5 Å². The average molecular weight is 481 g/mol. The van der Waals surface area contributed by atoms with Crippen LogP contribution in [0.25, 0.3) is 0 Å². The first-order valence-corrected chi connectivity index (χ1v) is 11.8. The van der Waals surface area contributed by atoms with Crippen LogP contribution in [-0.4, -0.2) is 38.8 Å². The molecule has 1 aliphatic rings. The molecule has 0 spiro atoms. The first-order valence-electron chi connectivity index (χ1n) is 9.58. The quantitative estimate of drug-likeness (QED) is 0.678. The van der Waals surface area contributed by atoms with Gasteiger partial charge in [0, 0.05) is 17.6 Å². The van der Waals surface area contributed by atoms with Crippen molar-refractivity contribution in [1.29, 1.82) is 0 Å². The van der Waals surface area contributed by atoms with Crippen LogP contribution in [0.1, 0.15) is 41.6 Å². The van der Waals surface area contributed by atoms with Crippen molar-refractivity contribution in [3.05, 3.63) is 52.0 Å². The Morgan fingerprint density at radius 3 is 2.38 bits per heavy atom. The van der Waals surface area contributed by atoms with Gasteiger partial charge in [-0.15, -0.1) is 0 Å². The smallest absolute Gasteiger partial charge is 0.259 e. The number of hydrogen-bond acceptors (Lipinski definition) is 4. The third-order valence-corrected chi connectivity index (χ3v) is 7.54. The zero-order valence-electron chi connectivity index (χ0n) is 16.6. The van der Waals surface area contributed by atoms with Crippen molar-refractivity contribution in [3.63, 3.8) is 0 Å². The van der Waals surface area contributed by atoms with E-state index in [1.807, 2.05) is 19.1 Å². The van der Waals surface area contributed by atoms with E-state index >= 15 is 0 Å². The predicted octanol–water partition coefficient (Wildman–Crippen LogP) is 4.58. The van der Waals surface area contributed by atoms with Crippen LogP contribution in [-0.2, 0) is 10.0 Å². The maximum Gasteiger partial charge on any atom is 0.259 e. The molecule has 0 radical (unpaired) electrons. The molecule has 0 aliphatic carbocycles. The fourth-order valence-corrected chi connectivity index (χ4v) is 5.50. The summed E-state index contributed by atoms with van der Waals surface area (Å²) in [6.07, 6.45) is 3.77. The molecule has 1 heterocycles. The van der Waals surface area contributed by atoms with Gasteiger partial charge in [-0.05, 0) is 71.6 Å². The largest absolute Gasteiger partial charge is 0.496 e. The van der Waals surface area contributed by atoms with Crippen LogP contribution in [0.15, 0.2) is 45.8 Å². The lowest BCUT2D eigenvalue weighted by molar-refractivity contribution is 0.102. The van der Waals surface area contributed by atoms with Crippen LogP contribution >= 0.6 is 15.9 Å². The molecule has 1 fully saturated rings. The minimum atomic E-state index is -3.66. The Labute approximate surface area is 180 Å². The van der Waals surface area contributed by atoms with Crippen LogP contribution in [0.2, 0.25) is 0 Å². The molecule has 0 aromatic heterocycles. The maximum absolute atomic E-state index is 13.1. The monoisotopic (exact) mass is 480 g/mol. The van der Waals surface area contributed by atoms with Gasteiger partial charge < -0.3 is 10.1 Å². The lowest BCUT2D eigenvalue weighted by Gasteiger charge is -2.20. The summed E-state index contributed by atoms with van der Waals surface area (Å²) in [5, 5.41) is 2.82. The zero-order valence-corrected chi connectivity index (χ0v) is 19.0. The summed E-state index contributed by atoms with van der Waals surface area (Å²) in [4.78, 5) is 13.0. The summed E-state index contributed by atoms with van der Waals surface area (Å²) in [5.74, 6) is -0.111. The zero-order chi connectivity index (χ0) is 21.0. The summed E-state index contributed by atoms with van der Waals surface area (Å²) in [6.45, 7) is 2.97. The van der Waals surface area contributed by atoms with Gasteiger partial charge >= 0.3 is 0 Å². The van der Waals surface area contributed by atoms with Crippen LogP contribution in [0.3, 0.4) is 0 Å². The molecule has 1 saturated heterocycles. The van der Waals surface area contributed by atoms with Gasteiger partial charge in [0.25, 0.3) is 5.91 Å². The van der Waals surface area contributed by atoms with Gasteiger partial charge in [0.05, 0.1) is 23.3 Å². The third kappa shape index (κ3) is 4.99. The number of carbonyl (C=O) groups excluding carboxylic acids is 1. The predicted molar refractivity (Wildman–Crippen MR) is 117 cm³/mol. The Hall–Kier alpha value is -1.90. The van der Waals surface area contributed by atoms with Crippen LogP contribution in [0, 0.1) is 6.92 Å². The first kappa shape index (κ1) is 21.8. The van der Waals surface area contributed by atoms with Crippen molar-refractivity contribution in [2.24, 2.45) is 0 Å². The Kier molecular flexibility index (Phi) is 6.97. The second-order valence-corrected chi connectivity index (χ2v) is 9.91. The molecule has 2 aromatic rings. The lowest BCUT2D eigenvalue weighted by Crippen LogP contribution is -2.32. The van der Waals surface area contributed by atoms with Gasteiger partial charge in [-0.1, -0.05) is 18.9 Å². The molecule has 3 rings (SSSR count). The molecule has 1 N–H and O–H groups in total. The summed E-state index contributed by atoms with van der Waals surface area (Å²) >= 11 is 3.44. The van der Waals surface area contributed by atoms with Crippen LogP contribution in [0.5, 0.6) is 5.75 Å². The number of aryl methyl sites for hydroxylation is 1. The molecule has 0 atom stereocenters. The van der Waals surface area contributed by atoms with Crippen molar-refractivity contribution in [3.8, 4) is 5.75 Å². The Balaban J connectivity index is 1.93. The fourth-order valence-electron chi connectivity index (χ4n) is 3.37. The van der Waals surface area contributed by atoms with E-state index < -0.39 is 15.9 Å². The van der Waals surface area contributed by atoms with Crippen LogP contribution < -0.4 is 10.1 Å². The molecule has 6 nitrogen and oxygen atoms in total. The first-order chi connectivity index (χ1) is 13.8. The van der Waals surface area contributed by atoms with E-state index in [0.717, 1.165) is 35.7 Å². The van der Waals surface area contributed by atoms with E-state index in [9.17, 15) is 13.2 Å². The molecular formula is C21H25BrN2O4S. The molecule has 1 aliphatic heterocycles. The molecule has 0 unspecified atom stereocenters. The normalized spacial score (nSPS) is 15.6. The van der Waals surface area contributed by atoms with Crippen LogP contribution in [0.4, 0.5) is 5.69 Å². The van der Waals surface area contributed by atoms with Crippen molar-refractivity contribution in [1.82, 2.24) is 4.31 Å². The van der Waals surface area contributed by atoms with Gasteiger partial charge in [-0.25, -0.2) is 8.42 Å². The number of benzene rings is 2. The van der Waals surface area contributed by atoms with E-state index in [4.69, 9.17) is 4.74 Å². The number of anilines is 1. The number of methoxy groups -OCH3 is 1. The van der Waals surface area contributed by atoms with Gasteiger partial charge in [0.2, 0.25) is 10.0 Å². The third-order valence-electron chi connectivity index (χ3n) is 4.99.